The van der Waals surface area contributed by atoms with Crippen molar-refractivity contribution in [3.63, 3.8) is 0 Å². The van der Waals surface area contributed by atoms with E-state index in [-0.39, 0.29) is 23.6 Å². The van der Waals surface area contributed by atoms with Crippen molar-refractivity contribution in [1.82, 2.24) is 14.8 Å². The molecular weight excluding hydrogens is 422 g/mol. The summed E-state index contributed by atoms with van der Waals surface area (Å²) in [6.07, 6.45) is 0.679. The number of nitrogens with one attached hydrogen (secondary N) is 1. The SMILES string of the molecule is CCOC(=O)c1[nH]c(C)c(/C(O)=C2\C(=O)C(=O)N(CCCN(C)C)C2c2ccccc2)c1C. The Balaban J connectivity index is 2.13. The highest BCUT2D eigenvalue weighted by Gasteiger charge is 2.46. The summed E-state index contributed by atoms with van der Waals surface area (Å²) in [4.78, 5) is 45.0. The Morgan fingerprint density at radius 3 is 2.45 bits per heavy atom. The van der Waals surface area contributed by atoms with Crippen LogP contribution >= 0.6 is 0 Å². The normalized spacial score (nSPS) is 17.8. The summed E-state index contributed by atoms with van der Waals surface area (Å²) in [6, 6.07) is 8.48. The minimum atomic E-state index is -0.733. The van der Waals surface area contributed by atoms with Crippen LogP contribution in [0.1, 0.15) is 52.3 Å². The third-order valence-corrected chi connectivity index (χ3v) is 5.81. The number of aromatic amines is 1. The Morgan fingerprint density at radius 2 is 1.85 bits per heavy atom. The molecule has 8 heteroatoms. The molecule has 1 atom stereocenters. The van der Waals surface area contributed by atoms with Gasteiger partial charge in [0.25, 0.3) is 11.7 Å². The number of H-pyrrole nitrogens is 1. The van der Waals surface area contributed by atoms with Crippen LogP contribution < -0.4 is 0 Å². The molecule has 1 saturated heterocycles. The molecule has 0 bridgehead atoms. The zero-order valence-electron chi connectivity index (χ0n) is 19.8. The third-order valence-electron chi connectivity index (χ3n) is 5.81. The number of aliphatic hydroxyl groups excluding tert-OH is 1. The van der Waals surface area contributed by atoms with Gasteiger partial charge in [0.05, 0.1) is 18.2 Å². The number of hydrogen-bond donors (Lipinski definition) is 2. The van der Waals surface area contributed by atoms with Gasteiger partial charge in [-0.2, -0.15) is 0 Å². The van der Waals surface area contributed by atoms with E-state index >= 15 is 0 Å². The molecule has 2 N–H and O–H groups in total. The third kappa shape index (κ3) is 4.71. The maximum atomic E-state index is 13.2. The monoisotopic (exact) mass is 453 g/mol. The minimum Gasteiger partial charge on any atom is -0.507 e. The van der Waals surface area contributed by atoms with Gasteiger partial charge in [-0.1, -0.05) is 30.3 Å². The molecule has 33 heavy (non-hydrogen) atoms. The number of benzene rings is 1. The lowest BCUT2D eigenvalue weighted by atomic mass is 9.94. The first kappa shape index (κ1) is 24.3. The molecule has 3 rings (SSSR count). The van der Waals surface area contributed by atoms with Gasteiger partial charge in [-0.15, -0.1) is 0 Å². The van der Waals surface area contributed by atoms with Gasteiger partial charge in [0.1, 0.15) is 11.5 Å². The highest BCUT2D eigenvalue weighted by atomic mass is 16.5. The van der Waals surface area contributed by atoms with Crippen molar-refractivity contribution in [2.45, 2.75) is 33.2 Å². The average Bonchev–Trinajstić information content (AvgIpc) is 3.21. The molecule has 2 aromatic rings. The van der Waals surface area contributed by atoms with Crippen LogP contribution in [0.2, 0.25) is 0 Å². The number of rotatable bonds is 8. The minimum absolute atomic E-state index is 0.0247. The summed E-state index contributed by atoms with van der Waals surface area (Å²) < 4.78 is 5.09. The number of likely N-dealkylation sites (tertiary alicyclic amines) is 1. The Morgan fingerprint density at radius 1 is 1.18 bits per heavy atom. The molecule has 2 heterocycles. The Kier molecular flexibility index (Phi) is 7.38. The number of hydrogen-bond acceptors (Lipinski definition) is 6. The lowest BCUT2D eigenvalue weighted by molar-refractivity contribution is -0.139. The highest BCUT2D eigenvalue weighted by molar-refractivity contribution is 6.46. The number of carbonyl (C=O) groups excluding carboxylic acids is 3. The number of amides is 1. The zero-order chi connectivity index (χ0) is 24.3. The molecule has 1 amide bonds. The number of ketones is 1. The van der Waals surface area contributed by atoms with Crippen molar-refractivity contribution >= 4 is 23.4 Å². The maximum Gasteiger partial charge on any atom is 0.355 e. The van der Waals surface area contributed by atoms with Gasteiger partial charge in [0, 0.05) is 17.8 Å². The molecule has 1 aliphatic rings. The molecule has 0 saturated carbocycles. The number of carbonyl (C=O) groups is 3. The van der Waals surface area contributed by atoms with Crippen LogP contribution in [0.25, 0.3) is 5.76 Å². The van der Waals surface area contributed by atoms with Crippen molar-refractivity contribution in [2.24, 2.45) is 0 Å². The Bertz CT molecular complexity index is 1080. The molecule has 8 nitrogen and oxygen atoms in total. The first-order valence-electron chi connectivity index (χ1n) is 11.0. The molecule has 0 aliphatic carbocycles. The van der Waals surface area contributed by atoms with Gasteiger partial charge in [-0.05, 0) is 59.0 Å². The summed E-state index contributed by atoms with van der Waals surface area (Å²) in [5.41, 5.74) is 2.29. The first-order valence-corrected chi connectivity index (χ1v) is 11.0. The number of esters is 1. The molecular formula is C25H31N3O5. The van der Waals surface area contributed by atoms with Crippen molar-refractivity contribution in [1.29, 1.82) is 0 Å². The van der Waals surface area contributed by atoms with Crippen molar-refractivity contribution in [2.75, 3.05) is 33.8 Å². The molecule has 1 unspecified atom stereocenters. The van der Waals surface area contributed by atoms with Crippen LogP contribution in [-0.4, -0.2) is 71.3 Å². The van der Waals surface area contributed by atoms with Crippen molar-refractivity contribution < 1.29 is 24.2 Å². The molecule has 176 valence electrons. The fourth-order valence-electron chi connectivity index (χ4n) is 4.30. The standard InChI is InChI=1S/C25H31N3O5/c1-6-33-25(32)20-15(2)18(16(3)26-20)22(29)19-21(17-11-8-7-9-12-17)28(24(31)23(19)30)14-10-13-27(4)5/h7-9,11-12,21,26,29H,6,10,13-14H2,1-5H3/b22-19+. The van der Waals surface area contributed by atoms with E-state index in [0.29, 0.717) is 29.8 Å². The van der Waals surface area contributed by atoms with Gasteiger partial charge in [0.15, 0.2) is 0 Å². The molecule has 1 aromatic carbocycles. The first-order chi connectivity index (χ1) is 15.7. The smallest absolute Gasteiger partial charge is 0.355 e. The zero-order valence-corrected chi connectivity index (χ0v) is 19.8. The second kappa shape index (κ2) is 10.0. The van der Waals surface area contributed by atoms with Crippen LogP contribution in [0.15, 0.2) is 35.9 Å². The van der Waals surface area contributed by atoms with Crippen LogP contribution in [0.5, 0.6) is 0 Å². The lowest BCUT2D eigenvalue weighted by Crippen LogP contribution is -2.32. The molecule has 1 fully saturated rings. The summed E-state index contributed by atoms with van der Waals surface area (Å²) >= 11 is 0. The quantitative estimate of drug-likeness (QED) is 0.275. The lowest BCUT2D eigenvalue weighted by Gasteiger charge is -2.26. The van der Waals surface area contributed by atoms with E-state index in [4.69, 9.17) is 4.74 Å². The fraction of sp³-hybridized carbons (Fsp3) is 0.400. The largest absolute Gasteiger partial charge is 0.507 e. The van der Waals surface area contributed by atoms with E-state index < -0.39 is 23.7 Å². The molecule has 0 radical (unpaired) electrons. The Labute approximate surface area is 193 Å². The van der Waals surface area contributed by atoms with Gasteiger partial charge < -0.3 is 24.6 Å². The number of aliphatic hydroxyl groups is 1. The number of ether oxygens (including phenoxy) is 1. The summed E-state index contributed by atoms with van der Waals surface area (Å²) in [6.45, 7) is 6.43. The van der Waals surface area contributed by atoms with E-state index in [1.54, 1.807) is 20.8 Å². The predicted molar refractivity (Wildman–Crippen MR) is 125 cm³/mol. The van der Waals surface area contributed by atoms with Gasteiger partial charge in [-0.25, -0.2) is 4.79 Å². The second-order valence-electron chi connectivity index (χ2n) is 8.41. The predicted octanol–water partition coefficient (Wildman–Crippen LogP) is 3.18. The fourth-order valence-corrected chi connectivity index (χ4v) is 4.30. The highest BCUT2D eigenvalue weighted by Crippen LogP contribution is 2.40. The van der Waals surface area contributed by atoms with Crippen LogP contribution in [0, 0.1) is 13.8 Å². The number of aryl methyl sites for hydroxylation is 1. The summed E-state index contributed by atoms with van der Waals surface area (Å²) in [7, 11) is 3.89. The second-order valence-corrected chi connectivity index (χ2v) is 8.41. The molecule has 1 aliphatic heterocycles. The van der Waals surface area contributed by atoms with E-state index in [9.17, 15) is 19.5 Å². The van der Waals surface area contributed by atoms with Crippen molar-refractivity contribution in [3.8, 4) is 0 Å². The van der Waals surface area contributed by atoms with E-state index in [1.165, 1.54) is 4.90 Å². The summed E-state index contributed by atoms with van der Waals surface area (Å²) in [5.74, 6) is -2.20. The van der Waals surface area contributed by atoms with Gasteiger partial charge in [0.2, 0.25) is 0 Å². The topological polar surface area (TPSA) is 103 Å². The van der Waals surface area contributed by atoms with E-state index in [1.807, 2.05) is 49.3 Å². The Hall–Kier alpha value is -3.39. The van der Waals surface area contributed by atoms with Crippen molar-refractivity contribution in [3.05, 3.63) is 64.0 Å². The van der Waals surface area contributed by atoms with Crippen LogP contribution in [0.3, 0.4) is 0 Å². The molecule has 0 spiro atoms. The van der Waals surface area contributed by atoms with Crippen LogP contribution in [0.4, 0.5) is 0 Å². The number of Topliss-reactive ketones (excluding diaryl/α,β-unsaturated/α-hetero) is 1. The average molecular weight is 454 g/mol. The van der Waals surface area contributed by atoms with Gasteiger partial charge in [-0.3, -0.25) is 9.59 Å². The maximum absolute atomic E-state index is 13.2. The number of aromatic nitrogens is 1. The molecule has 1 aromatic heterocycles. The number of nitrogens with zero attached hydrogens (tertiary/aromatic N) is 2. The van der Waals surface area contributed by atoms with Gasteiger partial charge >= 0.3 is 5.97 Å². The summed E-state index contributed by atoms with van der Waals surface area (Å²) in [5, 5.41) is 11.4. The van der Waals surface area contributed by atoms with Crippen LogP contribution in [-0.2, 0) is 14.3 Å². The van der Waals surface area contributed by atoms with E-state index in [0.717, 1.165) is 12.1 Å². The van der Waals surface area contributed by atoms with E-state index in [2.05, 4.69) is 4.98 Å².